The van der Waals surface area contributed by atoms with Gasteiger partial charge in [-0.1, -0.05) is 26.3 Å². The Morgan fingerprint density at radius 3 is 2.36 bits per heavy atom. The molecule has 0 saturated carbocycles. The molecular weight excluding hydrogens is 152 g/mol. The Bertz CT molecular complexity index is 149. The van der Waals surface area contributed by atoms with Gasteiger partial charge in [0.05, 0.1) is 0 Å². The van der Waals surface area contributed by atoms with Crippen LogP contribution in [-0.2, 0) is 4.79 Å². The van der Waals surface area contributed by atoms with Crippen LogP contribution < -0.4 is 0 Å². The SMILES string of the molecule is CCCC=C(CC)C(=O)O.[H-].[H-].[Mg+2]. The zero-order valence-electron chi connectivity index (χ0n) is 9.26. The average Bonchev–Trinajstić information content (AvgIpc) is 1.89. The van der Waals surface area contributed by atoms with E-state index in [0.717, 1.165) is 12.8 Å². The summed E-state index contributed by atoms with van der Waals surface area (Å²) in [6.45, 7) is 3.89. The number of carboxylic acids is 1. The molecule has 0 unspecified atom stereocenters. The fourth-order valence-electron chi connectivity index (χ4n) is 0.701. The van der Waals surface area contributed by atoms with Crippen LogP contribution >= 0.6 is 0 Å². The Kier molecular flexibility index (Phi) is 9.95. The summed E-state index contributed by atoms with van der Waals surface area (Å²) in [5.41, 5.74) is 0.529. The van der Waals surface area contributed by atoms with Gasteiger partial charge >= 0.3 is 29.0 Å². The molecular formula is C8H16MgO2. The van der Waals surface area contributed by atoms with Crippen LogP contribution in [0.3, 0.4) is 0 Å². The second-order valence-electron chi connectivity index (χ2n) is 2.18. The summed E-state index contributed by atoms with van der Waals surface area (Å²) in [6, 6.07) is 0. The number of hydrogen-bond donors (Lipinski definition) is 1. The van der Waals surface area contributed by atoms with E-state index in [1.807, 2.05) is 13.8 Å². The second kappa shape index (κ2) is 8.08. The molecule has 0 aliphatic rings. The van der Waals surface area contributed by atoms with Gasteiger partial charge in [0, 0.05) is 5.57 Å². The predicted octanol–water partition coefficient (Wildman–Crippen LogP) is 2.05. The van der Waals surface area contributed by atoms with Crippen molar-refractivity contribution in [3.63, 3.8) is 0 Å². The van der Waals surface area contributed by atoms with Crippen molar-refractivity contribution >= 4 is 29.0 Å². The van der Waals surface area contributed by atoms with Crippen molar-refractivity contribution in [2.75, 3.05) is 0 Å². The molecule has 0 rings (SSSR count). The fourth-order valence-corrected chi connectivity index (χ4v) is 0.701. The smallest absolute Gasteiger partial charge is 1.00 e. The summed E-state index contributed by atoms with van der Waals surface area (Å²) in [7, 11) is 0. The number of allylic oxidation sites excluding steroid dienone is 1. The summed E-state index contributed by atoms with van der Waals surface area (Å²) in [5.74, 6) is -0.782. The average molecular weight is 169 g/mol. The Morgan fingerprint density at radius 2 is 2.09 bits per heavy atom. The van der Waals surface area contributed by atoms with E-state index in [1.54, 1.807) is 6.08 Å². The maximum absolute atomic E-state index is 10.4. The van der Waals surface area contributed by atoms with E-state index in [-0.39, 0.29) is 25.9 Å². The van der Waals surface area contributed by atoms with Gasteiger partial charge in [-0.2, -0.15) is 0 Å². The first kappa shape index (κ1) is 13.6. The molecule has 3 heteroatoms. The molecule has 0 saturated heterocycles. The van der Waals surface area contributed by atoms with Crippen LogP contribution in [0, 0.1) is 0 Å². The minimum absolute atomic E-state index is 0. The largest absolute Gasteiger partial charge is 2.00 e. The number of carbonyl (C=O) groups is 1. The molecule has 0 aromatic heterocycles. The standard InChI is InChI=1S/C8H14O2.Mg.2H/c1-3-5-6-7(4-2)8(9)10;;;/h6H,3-5H2,1-2H3,(H,9,10);;;/q;+2;2*-1. The zero-order chi connectivity index (χ0) is 7.98. The van der Waals surface area contributed by atoms with Crippen LogP contribution in [0.4, 0.5) is 0 Å². The van der Waals surface area contributed by atoms with Gasteiger partial charge in [-0.15, -0.1) is 0 Å². The van der Waals surface area contributed by atoms with E-state index in [9.17, 15) is 4.79 Å². The molecule has 0 spiro atoms. The predicted molar refractivity (Wildman–Crippen MR) is 48.9 cm³/mol. The molecule has 2 nitrogen and oxygen atoms in total. The quantitative estimate of drug-likeness (QED) is 0.515. The van der Waals surface area contributed by atoms with Crippen molar-refractivity contribution in [3.05, 3.63) is 11.6 Å². The molecule has 0 aromatic carbocycles. The van der Waals surface area contributed by atoms with Gasteiger partial charge in [-0.3, -0.25) is 0 Å². The van der Waals surface area contributed by atoms with Crippen molar-refractivity contribution in [1.29, 1.82) is 0 Å². The number of carboxylic acid groups (broad SMARTS) is 1. The topological polar surface area (TPSA) is 37.3 Å². The van der Waals surface area contributed by atoms with Crippen molar-refractivity contribution in [3.8, 4) is 0 Å². The van der Waals surface area contributed by atoms with E-state index < -0.39 is 5.97 Å². The number of rotatable bonds is 4. The first-order valence-corrected chi connectivity index (χ1v) is 3.64. The first-order chi connectivity index (χ1) is 4.72. The Labute approximate surface area is 86.8 Å². The Morgan fingerprint density at radius 1 is 1.55 bits per heavy atom. The van der Waals surface area contributed by atoms with E-state index >= 15 is 0 Å². The van der Waals surface area contributed by atoms with Gasteiger partial charge in [-0.25, -0.2) is 4.79 Å². The summed E-state index contributed by atoms with van der Waals surface area (Å²) < 4.78 is 0. The molecule has 0 aromatic rings. The van der Waals surface area contributed by atoms with Gasteiger partial charge in [0.1, 0.15) is 0 Å². The van der Waals surface area contributed by atoms with E-state index in [2.05, 4.69) is 0 Å². The van der Waals surface area contributed by atoms with Crippen LogP contribution in [0.5, 0.6) is 0 Å². The van der Waals surface area contributed by atoms with Crippen LogP contribution in [0.25, 0.3) is 0 Å². The molecule has 62 valence electrons. The number of aliphatic carboxylic acids is 1. The van der Waals surface area contributed by atoms with Gasteiger partial charge in [0.15, 0.2) is 0 Å². The van der Waals surface area contributed by atoms with E-state index in [0.29, 0.717) is 12.0 Å². The van der Waals surface area contributed by atoms with Crippen LogP contribution in [-0.4, -0.2) is 34.1 Å². The van der Waals surface area contributed by atoms with Crippen molar-refractivity contribution in [1.82, 2.24) is 0 Å². The Balaban J connectivity index is -0.000000135. The van der Waals surface area contributed by atoms with Crippen molar-refractivity contribution < 1.29 is 12.8 Å². The molecule has 0 atom stereocenters. The first-order valence-electron chi connectivity index (χ1n) is 3.64. The third-order valence-corrected chi connectivity index (χ3v) is 1.34. The molecule has 0 amide bonds. The zero-order valence-corrected chi connectivity index (χ0v) is 8.68. The molecule has 11 heavy (non-hydrogen) atoms. The normalized spacial score (nSPS) is 10.5. The molecule has 0 fully saturated rings. The van der Waals surface area contributed by atoms with Crippen molar-refractivity contribution in [2.45, 2.75) is 33.1 Å². The van der Waals surface area contributed by atoms with Crippen LogP contribution in [0.1, 0.15) is 36.0 Å². The van der Waals surface area contributed by atoms with Crippen molar-refractivity contribution in [2.24, 2.45) is 0 Å². The minimum Gasteiger partial charge on any atom is -1.00 e. The van der Waals surface area contributed by atoms with Gasteiger partial charge in [0.2, 0.25) is 0 Å². The second-order valence-corrected chi connectivity index (χ2v) is 2.18. The summed E-state index contributed by atoms with van der Waals surface area (Å²) in [5, 5.41) is 8.53. The third kappa shape index (κ3) is 6.38. The maximum Gasteiger partial charge on any atom is 2.00 e. The monoisotopic (exact) mass is 168 g/mol. The van der Waals surface area contributed by atoms with Gasteiger partial charge < -0.3 is 7.96 Å². The summed E-state index contributed by atoms with van der Waals surface area (Å²) in [6.07, 6.45) is 4.30. The molecule has 0 aliphatic heterocycles. The molecule has 0 heterocycles. The fraction of sp³-hybridized carbons (Fsp3) is 0.625. The Hall–Kier alpha value is -0.0238. The third-order valence-electron chi connectivity index (χ3n) is 1.34. The molecule has 1 N–H and O–H groups in total. The van der Waals surface area contributed by atoms with E-state index in [1.165, 1.54) is 0 Å². The number of unbranched alkanes of at least 4 members (excludes halogenated alkanes) is 1. The van der Waals surface area contributed by atoms with Crippen LogP contribution in [0.2, 0.25) is 0 Å². The summed E-state index contributed by atoms with van der Waals surface area (Å²) in [4.78, 5) is 10.4. The van der Waals surface area contributed by atoms with Crippen LogP contribution in [0.15, 0.2) is 11.6 Å². The summed E-state index contributed by atoms with van der Waals surface area (Å²) >= 11 is 0. The minimum atomic E-state index is -0.782. The maximum atomic E-state index is 10.4. The molecule has 0 bridgehead atoms. The number of hydrogen-bond acceptors (Lipinski definition) is 1. The van der Waals surface area contributed by atoms with Gasteiger partial charge in [0.25, 0.3) is 0 Å². The molecule has 0 radical (unpaired) electrons. The molecule has 0 aliphatic carbocycles. The van der Waals surface area contributed by atoms with E-state index in [4.69, 9.17) is 5.11 Å². The van der Waals surface area contributed by atoms with Gasteiger partial charge in [-0.05, 0) is 12.8 Å².